The van der Waals surface area contributed by atoms with Gasteiger partial charge in [0, 0.05) is 6.20 Å². The van der Waals surface area contributed by atoms with Gasteiger partial charge in [0.1, 0.15) is 0 Å². The molecule has 0 spiro atoms. The van der Waals surface area contributed by atoms with Crippen LogP contribution in [0.4, 0.5) is 5.69 Å². The fraction of sp³-hybridized carbons (Fsp3) is 0.667. The van der Waals surface area contributed by atoms with Crippen molar-refractivity contribution in [2.75, 3.05) is 5.73 Å². The molecule has 1 aliphatic rings. The third-order valence-corrected chi connectivity index (χ3v) is 4.13. The van der Waals surface area contributed by atoms with Gasteiger partial charge in [0.05, 0.1) is 22.5 Å². The monoisotopic (exact) mass is 276 g/mol. The quantitative estimate of drug-likeness (QED) is 0.859. The van der Waals surface area contributed by atoms with Crippen LogP contribution in [-0.4, -0.2) is 23.3 Å². The van der Waals surface area contributed by atoms with E-state index in [2.05, 4.69) is 18.8 Å². The Morgan fingerprint density at radius 1 is 1.20 bits per heavy atom. The molecule has 2 rings (SSSR count). The zero-order valence-corrected chi connectivity index (χ0v) is 13.4. The molecular weight excluding hydrogens is 251 g/mol. The van der Waals surface area contributed by atoms with Gasteiger partial charge in [-0.1, -0.05) is 13.8 Å². The fourth-order valence-corrected chi connectivity index (χ4v) is 2.31. The Balaban J connectivity index is 2.34. The summed E-state index contributed by atoms with van der Waals surface area (Å²) in [6.45, 7) is 12.5. The lowest BCUT2D eigenvalue weighted by Gasteiger charge is -2.32. The molecule has 110 valence electrons. The molecule has 0 unspecified atom stereocenters. The number of pyridine rings is 1. The lowest BCUT2D eigenvalue weighted by molar-refractivity contribution is 0.00578. The Morgan fingerprint density at radius 3 is 2.25 bits per heavy atom. The van der Waals surface area contributed by atoms with E-state index in [1.807, 2.05) is 33.8 Å². The van der Waals surface area contributed by atoms with Crippen molar-refractivity contribution >= 4 is 18.4 Å². The van der Waals surface area contributed by atoms with Crippen LogP contribution in [0.15, 0.2) is 12.3 Å². The summed E-state index contributed by atoms with van der Waals surface area (Å²) in [4.78, 5) is 4.47. The van der Waals surface area contributed by atoms with Crippen LogP contribution in [0.1, 0.15) is 47.1 Å². The smallest absolute Gasteiger partial charge is 0.398 e. The van der Waals surface area contributed by atoms with E-state index >= 15 is 0 Å². The Bertz CT molecular complexity index is 485. The summed E-state index contributed by atoms with van der Waals surface area (Å²) >= 11 is 0. The standard InChI is InChI=1S/C15H25BN2O2/c1-10(2)7-11-8-12(17)9-18-13(11)16-19-14(3,4)15(5,6)20-16/h8-10H,7,17H2,1-6H3. The van der Waals surface area contributed by atoms with Crippen molar-refractivity contribution in [3.8, 4) is 0 Å². The van der Waals surface area contributed by atoms with Crippen LogP contribution in [0.5, 0.6) is 0 Å². The minimum atomic E-state index is -0.422. The van der Waals surface area contributed by atoms with Gasteiger partial charge in [0.15, 0.2) is 0 Å². The molecule has 0 radical (unpaired) electrons. The molecule has 2 heterocycles. The molecule has 1 fully saturated rings. The van der Waals surface area contributed by atoms with Crippen molar-refractivity contribution in [2.45, 2.75) is 59.2 Å². The first-order chi connectivity index (χ1) is 9.12. The number of hydrogen-bond acceptors (Lipinski definition) is 4. The van der Waals surface area contributed by atoms with Crippen LogP contribution in [0, 0.1) is 5.92 Å². The molecule has 0 aliphatic carbocycles. The predicted molar refractivity (Wildman–Crippen MR) is 82.9 cm³/mol. The van der Waals surface area contributed by atoms with Crippen LogP contribution in [0.25, 0.3) is 0 Å². The van der Waals surface area contributed by atoms with E-state index in [9.17, 15) is 0 Å². The highest BCUT2D eigenvalue weighted by Gasteiger charge is 2.52. The highest BCUT2D eigenvalue weighted by atomic mass is 16.7. The molecule has 20 heavy (non-hydrogen) atoms. The Labute approximate surface area is 122 Å². The molecule has 0 atom stereocenters. The minimum absolute atomic E-state index is 0.351. The van der Waals surface area contributed by atoms with Gasteiger partial charge in [0.25, 0.3) is 0 Å². The molecule has 5 heteroatoms. The highest BCUT2D eigenvalue weighted by Crippen LogP contribution is 2.36. The van der Waals surface area contributed by atoms with E-state index in [1.165, 1.54) is 0 Å². The third-order valence-electron chi connectivity index (χ3n) is 4.13. The number of anilines is 1. The largest absolute Gasteiger partial charge is 0.514 e. The van der Waals surface area contributed by atoms with E-state index in [0.29, 0.717) is 11.6 Å². The second-order valence-electron chi connectivity index (χ2n) is 7.00. The van der Waals surface area contributed by atoms with Gasteiger partial charge in [-0.3, -0.25) is 4.98 Å². The van der Waals surface area contributed by atoms with Crippen molar-refractivity contribution in [3.63, 3.8) is 0 Å². The van der Waals surface area contributed by atoms with Crippen LogP contribution >= 0.6 is 0 Å². The summed E-state index contributed by atoms with van der Waals surface area (Å²) < 4.78 is 12.2. The summed E-state index contributed by atoms with van der Waals surface area (Å²) in [5.74, 6) is 0.528. The van der Waals surface area contributed by atoms with Gasteiger partial charge < -0.3 is 15.0 Å². The van der Waals surface area contributed by atoms with Gasteiger partial charge in [0.2, 0.25) is 0 Å². The van der Waals surface area contributed by atoms with E-state index in [1.54, 1.807) is 6.20 Å². The number of aromatic nitrogens is 1. The zero-order valence-electron chi connectivity index (χ0n) is 13.4. The van der Waals surface area contributed by atoms with Crippen molar-refractivity contribution in [2.24, 2.45) is 5.92 Å². The molecular formula is C15H25BN2O2. The van der Waals surface area contributed by atoms with Gasteiger partial charge in [-0.2, -0.15) is 0 Å². The van der Waals surface area contributed by atoms with Crippen LogP contribution < -0.4 is 11.3 Å². The molecule has 0 amide bonds. The fourth-order valence-electron chi connectivity index (χ4n) is 2.31. The maximum absolute atomic E-state index is 6.09. The van der Waals surface area contributed by atoms with E-state index in [-0.39, 0.29) is 11.2 Å². The molecule has 1 aliphatic heterocycles. The lowest BCUT2D eigenvalue weighted by Crippen LogP contribution is -2.41. The minimum Gasteiger partial charge on any atom is -0.398 e. The molecule has 1 aromatic rings. The normalized spacial score (nSPS) is 20.6. The number of nitrogen functional groups attached to an aromatic ring is 1. The van der Waals surface area contributed by atoms with Crippen molar-refractivity contribution < 1.29 is 9.31 Å². The Kier molecular flexibility index (Phi) is 3.86. The van der Waals surface area contributed by atoms with Crippen LogP contribution in [-0.2, 0) is 15.7 Å². The zero-order chi connectivity index (χ0) is 15.1. The van der Waals surface area contributed by atoms with Crippen LogP contribution in [0.3, 0.4) is 0 Å². The first-order valence-corrected chi connectivity index (χ1v) is 7.22. The Morgan fingerprint density at radius 2 is 1.75 bits per heavy atom. The summed E-state index contributed by atoms with van der Waals surface area (Å²) in [5.41, 5.74) is 7.81. The number of hydrogen-bond donors (Lipinski definition) is 1. The molecule has 4 nitrogen and oxygen atoms in total. The predicted octanol–water partition coefficient (Wildman–Crippen LogP) is 2.16. The third kappa shape index (κ3) is 2.84. The summed E-state index contributed by atoms with van der Waals surface area (Å²) in [7, 11) is -0.422. The molecule has 0 bridgehead atoms. The Hall–Kier alpha value is -1.07. The van der Waals surface area contributed by atoms with E-state index < -0.39 is 7.12 Å². The molecule has 1 aromatic heterocycles. The molecule has 0 aromatic carbocycles. The first kappa shape index (κ1) is 15.3. The topological polar surface area (TPSA) is 57.4 Å². The number of rotatable bonds is 3. The molecule has 0 saturated carbocycles. The van der Waals surface area contributed by atoms with Crippen molar-refractivity contribution in [3.05, 3.63) is 17.8 Å². The van der Waals surface area contributed by atoms with Crippen LogP contribution in [0.2, 0.25) is 0 Å². The average Bonchev–Trinajstić information content (AvgIpc) is 2.46. The van der Waals surface area contributed by atoms with Gasteiger partial charge in [-0.05, 0) is 51.7 Å². The highest BCUT2D eigenvalue weighted by molar-refractivity contribution is 6.61. The average molecular weight is 276 g/mol. The molecule has 1 saturated heterocycles. The maximum Gasteiger partial charge on any atom is 0.514 e. The second kappa shape index (κ2) is 5.04. The summed E-state index contributed by atoms with van der Waals surface area (Å²) in [6.07, 6.45) is 2.58. The van der Waals surface area contributed by atoms with Gasteiger partial charge in [-0.25, -0.2) is 0 Å². The van der Waals surface area contributed by atoms with Crippen molar-refractivity contribution in [1.29, 1.82) is 0 Å². The second-order valence-corrected chi connectivity index (χ2v) is 7.00. The van der Waals surface area contributed by atoms with Crippen molar-refractivity contribution in [1.82, 2.24) is 4.98 Å². The van der Waals surface area contributed by atoms with E-state index in [0.717, 1.165) is 17.6 Å². The number of nitrogens with zero attached hydrogens (tertiary/aromatic N) is 1. The maximum atomic E-state index is 6.09. The van der Waals surface area contributed by atoms with Gasteiger partial charge >= 0.3 is 7.12 Å². The number of nitrogens with two attached hydrogens (primary N) is 1. The molecule has 2 N–H and O–H groups in total. The van der Waals surface area contributed by atoms with E-state index in [4.69, 9.17) is 15.0 Å². The summed E-state index contributed by atoms with van der Waals surface area (Å²) in [5, 5.41) is 0. The SMILES string of the molecule is CC(C)Cc1cc(N)cnc1B1OC(C)(C)C(C)(C)O1. The van der Waals surface area contributed by atoms with Gasteiger partial charge in [-0.15, -0.1) is 0 Å². The first-order valence-electron chi connectivity index (χ1n) is 7.22. The lowest BCUT2D eigenvalue weighted by atomic mass is 9.79. The summed E-state index contributed by atoms with van der Waals surface area (Å²) in [6, 6.07) is 1.98.